The minimum atomic E-state index is -0.914. The zero-order valence-corrected chi connectivity index (χ0v) is 10.6. The number of carbonyl (C=O) groups excluding carboxylic acids is 2. The third kappa shape index (κ3) is 3.32. The molecule has 102 valence electrons. The number of nitrogens with zero attached hydrogens (tertiary/aromatic N) is 1. The third-order valence-electron chi connectivity index (χ3n) is 2.34. The van der Waals surface area contributed by atoms with E-state index < -0.39 is 28.5 Å². The average molecular weight is 287 g/mol. The Balaban J connectivity index is 3.11. The number of nitrogen functional groups attached to an aromatic ring is 1. The molecule has 0 aromatic heterocycles. The molecule has 5 N–H and O–H groups in total. The van der Waals surface area contributed by atoms with E-state index in [2.05, 4.69) is 5.32 Å². The monoisotopic (exact) mass is 286 g/mol. The predicted molar refractivity (Wildman–Crippen MR) is 68.6 cm³/mol. The highest BCUT2D eigenvalue weighted by molar-refractivity contribution is 6.34. The Kier molecular flexibility index (Phi) is 4.28. The first-order chi connectivity index (χ1) is 8.73. The lowest BCUT2D eigenvalue weighted by atomic mass is 10.1. The molecule has 1 rings (SSSR count). The van der Waals surface area contributed by atoms with Crippen molar-refractivity contribution in [2.24, 2.45) is 5.73 Å². The summed E-state index contributed by atoms with van der Waals surface area (Å²) in [7, 11) is 0. The fourth-order valence-corrected chi connectivity index (χ4v) is 1.45. The van der Waals surface area contributed by atoms with Crippen molar-refractivity contribution in [1.82, 2.24) is 5.32 Å². The van der Waals surface area contributed by atoms with E-state index in [-0.39, 0.29) is 16.3 Å². The van der Waals surface area contributed by atoms with Crippen LogP contribution in [-0.2, 0) is 4.79 Å². The molecule has 8 nitrogen and oxygen atoms in total. The Bertz CT molecular complexity index is 561. The molecule has 0 aliphatic carbocycles. The number of amides is 2. The number of rotatable bonds is 4. The lowest BCUT2D eigenvalue weighted by molar-refractivity contribution is -0.383. The molecule has 0 heterocycles. The van der Waals surface area contributed by atoms with Crippen molar-refractivity contribution in [2.45, 2.75) is 13.0 Å². The Morgan fingerprint density at radius 1 is 1.47 bits per heavy atom. The molecule has 19 heavy (non-hydrogen) atoms. The number of benzene rings is 1. The summed E-state index contributed by atoms with van der Waals surface area (Å²) < 4.78 is 0. The molecule has 2 amide bonds. The summed E-state index contributed by atoms with van der Waals surface area (Å²) in [6.07, 6.45) is 0. The Morgan fingerprint density at radius 2 is 2.05 bits per heavy atom. The summed E-state index contributed by atoms with van der Waals surface area (Å²) in [4.78, 5) is 32.6. The molecule has 0 radical (unpaired) electrons. The largest absolute Gasteiger partial charge is 0.392 e. The maximum absolute atomic E-state index is 11.8. The minimum absolute atomic E-state index is 0.0843. The van der Waals surface area contributed by atoms with E-state index in [0.717, 1.165) is 6.07 Å². The highest BCUT2D eigenvalue weighted by Crippen LogP contribution is 2.30. The van der Waals surface area contributed by atoms with Crippen LogP contribution in [0.5, 0.6) is 0 Å². The lowest BCUT2D eigenvalue weighted by Gasteiger charge is -2.10. The van der Waals surface area contributed by atoms with Gasteiger partial charge < -0.3 is 16.8 Å². The number of nitro groups is 1. The van der Waals surface area contributed by atoms with E-state index in [1.165, 1.54) is 13.0 Å². The molecule has 0 saturated carbocycles. The number of hydrogen-bond acceptors (Lipinski definition) is 5. The van der Waals surface area contributed by atoms with Gasteiger partial charge in [-0.3, -0.25) is 19.7 Å². The summed E-state index contributed by atoms with van der Waals surface area (Å²) in [6, 6.07) is 1.24. The number of nitrogens with two attached hydrogens (primary N) is 2. The molecule has 1 aromatic rings. The van der Waals surface area contributed by atoms with Crippen LogP contribution in [0.4, 0.5) is 11.4 Å². The molecule has 0 aliphatic rings. The number of anilines is 1. The van der Waals surface area contributed by atoms with Crippen LogP contribution < -0.4 is 16.8 Å². The van der Waals surface area contributed by atoms with Crippen LogP contribution >= 0.6 is 11.6 Å². The second-order valence-electron chi connectivity index (χ2n) is 3.75. The van der Waals surface area contributed by atoms with Gasteiger partial charge in [-0.15, -0.1) is 0 Å². The van der Waals surface area contributed by atoms with Crippen molar-refractivity contribution in [3.05, 3.63) is 32.8 Å². The first-order valence-corrected chi connectivity index (χ1v) is 5.45. The SMILES string of the molecule is CC(NC(=O)c1cc(Cl)c(N)c([N+](=O)[O-])c1)C(N)=O. The molecule has 1 unspecified atom stereocenters. The van der Waals surface area contributed by atoms with Gasteiger partial charge in [-0.2, -0.15) is 0 Å². The average Bonchev–Trinajstić information content (AvgIpc) is 2.31. The molecule has 0 aliphatic heterocycles. The molecule has 0 fully saturated rings. The Morgan fingerprint density at radius 3 is 2.53 bits per heavy atom. The summed E-state index contributed by atoms with van der Waals surface area (Å²) in [5.41, 5.74) is 9.61. The zero-order chi connectivity index (χ0) is 14.7. The van der Waals surface area contributed by atoms with E-state index in [1.54, 1.807) is 0 Å². The van der Waals surface area contributed by atoms with Crippen molar-refractivity contribution >= 4 is 34.8 Å². The van der Waals surface area contributed by atoms with Crippen LogP contribution in [0.15, 0.2) is 12.1 Å². The van der Waals surface area contributed by atoms with Crippen molar-refractivity contribution < 1.29 is 14.5 Å². The van der Waals surface area contributed by atoms with E-state index in [9.17, 15) is 19.7 Å². The summed E-state index contributed by atoms with van der Waals surface area (Å²) >= 11 is 5.71. The van der Waals surface area contributed by atoms with Crippen LogP contribution in [0, 0.1) is 10.1 Å². The third-order valence-corrected chi connectivity index (χ3v) is 2.65. The number of nitrogens with one attached hydrogen (secondary N) is 1. The second-order valence-corrected chi connectivity index (χ2v) is 4.15. The molecule has 0 spiro atoms. The van der Waals surface area contributed by atoms with Crippen LogP contribution in [0.3, 0.4) is 0 Å². The van der Waals surface area contributed by atoms with E-state index in [1.807, 2.05) is 0 Å². The number of carbonyl (C=O) groups is 2. The number of hydrogen-bond donors (Lipinski definition) is 3. The maximum Gasteiger partial charge on any atom is 0.294 e. The van der Waals surface area contributed by atoms with Gasteiger partial charge >= 0.3 is 0 Å². The highest BCUT2D eigenvalue weighted by atomic mass is 35.5. The fraction of sp³-hybridized carbons (Fsp3) is 0.200. The van der Waals surface area contributed by atoms with Gasteiger partial charge in [-0.25, -0.2) is 0 Å². The quantitative estimate of drug-likeness (QED) is 0.418. The number of nitro benzene ring substituents is 1. The predicted octanol–water partition coefficient (Wildman–Crippen LogP) is 0.434. The van der Waals surface area contributed by atoms with Crippen molar-refractivity contribution in [3.63, 3.8) is 0 Å². The standard InChI is InChI=1S/C10H11ClN4O4/c1-4(9(13)16)14-10(17)5-2-6(11)8(12)7(3-5)15(18)19/h2-4H,12H2,1H3,(H2,13,16)(H,14,17). The van der Waals surface area contributed by atoms with Crippen LogP contribution in [0.2, 0.25) is 5.02 Å². The second kappa shape index (κ2) is 5.53. The summed E-state index contributed by atoms with van der Waals surface area (Å²) in [6.45, 7) is 1.38. The topological polar surface area (TPSA) is 141 Å². The van der Waals surface area contributed by atoms with Crippen LogP contribution in [0.25, 0.3) is 0 Å². The molecular formula is C10H11ClN4O4. The summed E-state index contributed by atoms with van der Waals surface area (Å²) in [5.74, 6) is -1.44. The fourth-order valence-electron chi connectivity index (χ4n) is 1.24. The Hall–Kier alpha value is -2.35. The minimum Gasteiger partial charge on any atom is -0.392 e. The van der Waals surface area contributed by atoms with Gasteiger partial charge in [0.2, 0.25) is 5.91 Å². The number of primary amides is 1. The normalized spacial score (nSPS) is 11.7. The highest BCUT2D eigenvalue weighted by Gasteiger charge is 2.21. The summed E-state index contributed by atoms with van der Waals surface area (Å²) in [5, 5.41) is 12.9. The maximum atomic E-state index is 11.8. The van der Waals surface area contributed by atoms with Gasteiger partial charge in [-0.05, 0) is 13.0 Å². The van der Waals surface area contributed by atoms with E-state index >= 15 is 0 Å². The molecule has 0 saturated heterocycles. The van der Waals surface area contributed by atoms with Crippen molar-refractivity contribution in [2.75, 3.05) is 5.73 Å². The number of halogens is 1. The van der Waals surface area contributed by atoms with Gasteiger partial charge in [0.15, 0.2) is 0 Å². The molecule has 9 heteroatoms. The van der Waals surface area contributed by atoms with Crippen molar-refractivity contribution in [3.8, 4) is 0 Å². The van der Waals surface area contributed by atoms with Crippen LogP contribution in [-0.4, -0.2) is 22.8 Å². The first-order valence-electron chi connectivity index (χ1n) is 5.07. The van der Waals surface area contributed by atoms with Gasteiger partial charge in [-0.1, -0.05) is 11.6 Å². The van der Waals surface area contributed by atoms with Crippen LogP contribution in [0.1, 0.15) is 17.3 Å². The molecular weight excluding hydrogens is 276 g/mol. The van der Waals surface area contributed by atoms with E-state index in [4.69, 9.17) is 23.1 Å². The molecule has 1 atom stereocenters. The Labute approximate surface area is 112 Å². The first kappa shape index (κ1) is 14.7. The smallest absolute Gasteiger partial charge is 0.294 e. The van der Waals surface area contributed by atoms with E-state index in [0.29, 0.717) is 0 Å². The van der Waals surface area contributed by atoms with Gasteiger partial charge in [0.25, 0.3) is 11.6 Å². The van der Waals surface area contributed by atoms with Gasteiger partial charge in [0, 0.05) is 11.6 Å². The molecule has 0 bridgehead atoms. The van der Waals surface area contributed by atoms with Crippen molar-refractivity contribution in [1.29, 1.82) is 0 Å². The lowest BCUT2D eigenvalue weighted by Crippen LogP contribution is -2.42. The van der Waals surface area contributed by atoms with Gasteiger partial charge in [0.05, 0.1) is 9.95 Å². The van der Waals surface area contributed by atoms with Gasteiger partial charge in [0.1, 0.15) is 11.7 Å². The molecule has 1 aromatic carbocycles. The zero-order valence-electron chi connectivity index (χ0n) is 9.84.